The summed E-state index contributed by atoms with van der Waals surface area (Å²) >= 11 is 1.29. The van der Waals surface area contributed by atoms with Gasteiger partial charge >= 0.3 is 0 Å². The highest BCUT2D eigenvalue weighted by molar-refractivity contribution is 8.15. The molecule has 3 atom stereocenters. The maximum atomic E-state index is 14.4. The molecule has 0 saturated heterocycles. The summed E-state index contributed by atoms with van der Waals surface area (Å²) in [5.74, 6) is -1.04. The van der Waals surface area contributed by atoms with Crippen molar-refractivity contribution in [2.45, 2.75) is 16.7 Å². The van der Waals surface area contributed by atoms with Gasteiger partial charge in [-0.2, -0.15) is 0 Å². The largest absolute Gasteiger partial charge is 0.399 e. The molecule has 1 saturated carbocycles. The molecule has 4 N–H and O–H groups in total. The van der Waals surface area contributed by atoms with Crippen LogP contribution in [0.1, 0.15) is 12.0 Å². The minimum absolute atomic E-state index is 0.109. The smallest absolute Gasteiger partial charge is 0.245 e. The van der Waals surface area contributed by atoms with Crippen molar-refractivity contribution in [1.29, 1.82) is 0 Å². The van der Waals surface area contributed by atoms with E-state index < -0.39 is 22.8 Å². The number of hydrogen-bond acceptors (Lipinski definition) is 5. The van der Waals surface area contributed by atoms with Crippen LogP contribution in [0.4, 0.5) is 14.5 Å². The predicted octanol–water partition coefficient (Wildman–Crippen LogP) is 2.04. The van der Waals surface area contributed by atoms with Gasteiger partial charge in [0.25, 0.3) is 0 Å². The van der Waals surface area contributed by atoms with Crippen LogP contribution < -0.4 is 11.5 Å². The Kier molecular flexibility index (Phi) is 4.26. The summed E-state index contributed by atoms with van der Waals surface area (Å²) in [6, 6.07) is 4.05. The molecule has 25 heavy (non-hydrogen) atoms. The van der Waals surface area contributed by atoms with E-state index in [0.29, 0.717) is 12.1 Å². The molecule has 1 fully saturated rings. The third-order valence-corrected chi connectivity index (χ3v) is 6.01. The molecule has 1 amide bonds. The van der Waals surface area contributed by atoms with Crippen molar-refractivity contribution in [2.75, 3.05) is 26.5 Å². The van der Waals surface area contributed by atoms with Gasteiger partial charge in [-0.1, -0.05) is 17.8 Å². The molecule has 5 nitrogen and oxygen atoms in total. The van der Waals surface area contributed by atoms with Gasteiger partial charge in [-0.15, -0.1) is 0 Å². The van der Waals surface area contributed by atoms with Crippen LogP contribution in [0.25, 0.3) is 0 Å². The summed E-state index contributed by atoms with van der Waals surface area (Å²) in [6.07, 6.45) is 3.74. The lowest BCUT2D eigenvalue weighted by molar-refractivity contribution is -0.123. The van der Waals surface area contributed by atoms with Crippen LogP contribution in [0.5, 0.6) is 0 Å². The molecule has 0 aromatic heterocycles. The number of amides is 1. The SMILES string of the molecule is CN(C)C(=O)/C=C/[C@]12CC1[C@@](CF)(c1cc(N)ccc1F)N=C(N)S2. The van der Waals surface area contributed by atoms with E-state index in [1.54, 1.807) is 20.2 Å². The fourth-order valence-electron chi connectivity index (χ4n) is 3.34. The summed E-state index contributed by atoms with van der Waals surface area (Å²) in [7, 11) is 3.29. The second-order valence-electron chi connectivity index (χ2n) is 6.63. The number of carbonyl (C=O) groups excluding carboxylic acids is 1. The van der Waals surface area contributed by atoms with E-state index in [9.17, 15) is 13.6 Å². The third kappa shape index (κ3) is 2.88. The van der Waals surface area contributed by atoms with E-state index in [2.05, 4.69) is 4.99 Å². The van der Waals surface area contributed by atoms with Gasteiger partial charge in [0, 0.05) is 42.1 Å². The van der Waals surface area contributed by atoms with Gasteiger partial charge in [-0.25, -0.2) is 13.8 Å². The average molecular weight is 366 g/mol. The summed E-state index contributed by atoms with van der Waals surface area (Å²) in [5.41, 5.74) is 10.7. The lowest BCUT2D eigenvalue weighted by Crippen LogP contribution is -2.39. The first kappa shape index (κ1) is 17.7. The standard InChI is InChI=1S/C17H20F2N4OS/c1-23(2)14(24)5-6-16-8-13(16)17(9-18,22-15(21)25-16)11-7-10(20)3-4-12(11)19/h3-7,13H,8-9,20H2,1-2H3,(H2,21,22)/b6-5+/t13?,16-,17+/m0/s1. The maximum absolute atomic E-state index is 14.4. The highest BCUT2D eigenvalue weighted by Crippen LogP contribution is 2.66. The number of benzene rings is 1. The van der Waals surface area contributed by atoms with Crippen LogP contribution in [0.3, 0.4) is 0 Å². The number of nitrogens with zero attached hydrogens (tertiary/aromatic N) is 2. The number of aliphatic imine (C=N–C) groups is 1. The maximum Gasteiger partial charge on any atom is 0.245 e. The Labute approximate surface area is 149 Å². The molecule has 1 heterocycles. The lowest BCUT2D eigenvalue weighted by atomic mass is 9.84. The van der Waals surface area contributed by atoms with Crippen molar-refractivity contribution in [3.63, 3.8) is 0 Å². The number of thioether (sulfide) groups is 1. The topological polar surface area (TPSA) is 84.7 Å². The van der Waals surface area contributed by atoms with Gasteiger partial charge in [0.1, 0.15) is 18.0 Å². The molecule has 8 heteroatoms. The van der Waals surface area contributed by atoms with Gasteiger partial charge in [-0.3, -0.25) is 4.79 Å². The number of rotatable bonds is 4. The van der Waals surface area contributed by atoms with Crippen molar-refractivity contribution < 1.29 is 13.6 Å². The van der Waals surface area contributed by atoms with Crippen molar-refractivity contribution in [3.05, 3.63) is 41.7 Å². The summed E-state index contributed by atoms with van der Waals surface area (Å²) < 4.78 is 28.1. The number of fused-ring (bicyclic) bond motifs is 1. The number of anilines is 1. The summed E-state index contributed by atoms with van der Waals surface area (Å²) in [5, 5.41) is 0.176. The molecule has 1 aliphatic heterocycles. The monoisotopic (exact) mass is 366 g/mol. The molecular formula is C17H20F2N4OS. The van der Waals surface area contributed by atoms with Gasteiger partial charge < -0.3 is 16.4 Å². The van der Waals surface area contributed by atoms with E-state index in [-0.39, 0.29) is 22.6 Å². The second-order valence-corrected chi connectivity index (χ2v) is 8.01. The molecule has 0 spiro atoms. The Morgan fingerprint density at radius 3 is 2.84 bits per heavy atom. The van der Waals surface area contributed by atoms with Crippen LogP contribution in [0.15, 0.2) is 35.3 Å². The number of nitrogens with two attached hydrogens (primary N) is 2. The zero-order valence-corrected chi connectivity index (χ0v) is 14.8. The van der Waals surface area contributed by atoms with Crippen LogP contribution >= 0.6 is 11.8 Å². The van der Waals surface area contributed by atoms with E-state index in [1.807, 2.05) is 0 Å². The van der Waals surface area contributed by atoms with Gasteiger partial charge in [0.15, 0.2) is 5.17 Å². The number of carbonyl (C=O) groups is 1. The molecule has 1 aliphatic carbocycles. The predicted molar refractivity (Wildman–Crippen MR) is 96.4 cm³/mol. The minimum Gasteiger partial charge on any atom is -0.399 e. The summed E-state index contributed by atoms with van der Waals surface area (Å²) in [6.45, 7) is -0.892. The number of alkyl halides is 1. The van der Waals surface area contributed by atoms with E-state index in [1.165, 1.54) is 40.9 Å². The summed E-state index contributed by atoms with van der Waals surface area (Å²) in [4.78, 5) is 17.6. The Morgan fingerprint density at radius 2 is 2.20 bits per heavy atom. The first-order valence-electron chi connectivity index (χ1n) is 7.80. The van der Waals surface area contributed by atoms with E-state index in [0.717, 1.165) is 0 Å². The molecule has 1 unspecified atom stereocenters. The Balaban J connectivity index is 2.03. The first-order chi connectivity index (χ1) is 11.7. The molecule has 0 radical (unpaired) electrons. The van der Waals surface area contributed by atoms with Crippen LogP contribution in [0.2, 0.25) is 0 Å². The quantitative estimate of drug-likeness (QED) is 0.631. The Hall–Kier alpha value is -2.09. The third-order valence-electron chi connectivity index (χ3n) is 4.74. The van der Waals surface area contributed by atoms with Gasteiger partial charge in [0.2, 0.25) is 5.91 Å². The average Bonchev–Trinajstić information content (AvgIpc) is 3.29. The Bertz CT molecular complexity index is 782. The normalized spacial score (nSPS) is 30.7. The highest BCUT2D eigenvalue weighted by atomic mass is 32.2. The van der Waals surface area contributed by atoms with Gasteiger partial charge in [0.05, 0.1) is 0 Å². The first-order valence-corrected chi connectivity index (χ1v) is 8.62. The van der Waals surface area contributed by atoms with Crippen molar-refractivity contribution in [1.82, 2.24) is 4.90 Å². The number of amidine groups is 1. The van der Waals surface area contributed by atoms with E-state index in [4.69, 9.17) is 11.5 Å². The van der Waals surface area contributed by atoms with Gasteiger partial charge in [-0.05, 0) is 24.6 Å². The molecular weight excluding hydrogens is 346 g/mol. The second kappa shape index (κ2) is 6.01. The molecule has 1 aromatic rings. The fraction of sp³-hybridized carbons (Fsp3) is 0.412. The zero-order valence-electron chi connectivity index (χ0n) is 14.0. The van der Waals surface area contributed by atoms with Crippen LogP contribution in [-0.4, -0.2) is 41.5 Å². The van der Waals surface area contributed by atoms with Crippen molar-refractivity contribution in [2.24, 2.45) is 16.6 Å². The zero-order chi connectivity index (χ0) is 18.4. The molecule has 1 aromatic carbocycles. The minimum atomic E-state index is -1.42. The van der Waals surface area contributed by atoms with Crippen LogP contribution in [0, 0.1) is 11.7 Å². The molecule has 134 valence electrons. The Morgan fingerprint density at radius 1 is 1.48 bits per heavy atom. The number of halogens is 2. The molecule has 2 aliphatic rings. The number of hydrogen-bond donors (Lipinski definition) is 2. The number of likely N-dealkylation sites (N-methyl/N-ethyl adjacent to an activating group) is 1. The number of nitrogen functional groups attached to an aromatic ring is 1. The molecule has 0 bridgehead atoms. The molecule has 3 rings (SSSR count). The highest BCUT2D eigenvalue weighted by Gasteiger charge is 2.67. The lowest BCUT2D eigenvalue weighted by Gasteiger charge is -2.34. The van der Waals surface area contributed by atoms with E-state index >= 15 is 0 Å². The fourth-order valence-corrected chi connectivity index (χ4v) is 4.66. The van der Waals surface area contributed by atoms with Crippen LogP contribution in [-0.2, 0) is 10.3 Å². The van der Waals surface area contributed by atoms with Crippen molar-refractivity contribution >= 4 is 28.5 Å². The van der Waals surface area contributed by atoms with Crippen molar-refractivity contribution in [3.8, 4) is 0 Å².